The lowest BCUT2D eigenvalue weighted by molar-refractivity contribution is -0.384. The Hall–Kier alpha value is -3.97. The number of benzene rings is 3. The third kappa shape index (κ3) is 3.78. The highest BCUT2D eigenvalue weighted by molar-refractivity contribution is 6.32. The predicted octanol–water partition coefficient (Wildman–Crippen LogP) is 5.27. The molecule has 7 nitrogen and oxygen atoms in total. The average Bonchev–Trinajstić information content (AvgIpc) is 2.74. The number of rotatable bonds is 4. The summed E-state index contributed by atoms with van der Waals surface area (Å²) in [6, 6.07) is 19.3. The van der Waals surface area contributed by atoms with Crippen molar-refractivity contribution in [1.29, 1.82) is 0 Å². The second kappa shape index (κ2) is 7.81. The number of nitrogens with zero attached hydrogens (tertiary/aromatic N) is 1. The molecule has 1 amide bonds. The van der Waals surface area contributed by atoms with E-state index in [0.717, 1.165) is 5.39 Å². The van der Waals surface area contributed by atoms with Crippen molar-refractivity contribution in [2.45, 2.75) is 0 Å². The van der Waals surface area contributed by atoms with Gasteiger partial charge < -0.3 is 9.73 Å². The summed E-state index contributed by atoms with van der Waals surface area (Å²) in [6.07, 6.45) is 0. The van der Waals surface area contributed by atoms with Crippen molar-refractivity contribution < 1.29 is 14.1 Å². The number of carbonyl (C=O) groups excluding carboxylic acids is 1. The summed E-state index contributed by atoms with van der Waals surface area (Å²) >= 11 is 5.80. The Kier molecular flexibility index (Phi) is 5.04. The van der Waals surface area contributed by atoms with Crippen LogP contribution < -0.4 is 10.9 Å². The Morgan fingerprint density at radius 3 is 2.60 bits per heavy atom. The first-order valence-electron chi connectivity index (χ1n) is 8.81. The lowest BCUT2D eigenvalue weighted by Crippen LogP contribution is -2.12. The van der Waals surface area contributed by atoms with E-state index in [2.05, 4.69) is 5.32 Å². The maximum absolute atomic E-state index is 12.6. The van der Waals surface area contributed by atoms with Crippen molar-refractivity contribution in [3.05, 3.63) is 104 Å². The van der Waals surface area contributed by atoms with Crippen LogP contribution in [0.5, 0.6) is 0 Å². The van der Waals surface area contributed by atoms with Crippen LogP contribution in [0.25, 0.3) is 22.1 Å². The minimum Gasteiger partial charge on any atom is -0.422 e. The molecule has 0 spiro atoms. The molecule has 1 N–H and O–H groups in total. The van der Waals surface area contributed by atoms with E-state index in [1.807, 2.05) is 12.1 Å². The fourth-order valence-corrected chi connectivity index (χ4v) is 3.21. The number of anilines is 1. The predicted molar refractivity (Wildman–Crippen MR) is 114 cm³/mol. The molecule has 8 heteroatoms. The van der Waals surface area contributed by atoms with E-state index in [-0.39, 0.29) is 22.0 Å². The molecule has 0 saturated carbocycles. The molecule has 0 saturated heterocycles. The first-order valence-corrected chi connectivity index (χ1v) is 9.19. The van der Waals surface area contributed by atoms with E-state index in [0.29, 0.717) is 16.7 Å². The third-order valence-corrected chi connectivity index (χ3v) is 4.80. The Balaban J connectivity index is 1.66. The number of nitro benzene ring substituents is 1. The van der Waals surface area contributed by atoms with E-state index in [1.165, 1.54) is 18.2 Å². The Labute approximate surface area is 174 Å². The summed E-state index contributed by atoms with van der Waals surface area (Å²) in [6.45, 7) is 0. The van der Waals surface area contributed by atoms with Crippen LogP contribution in [-0.4, -0.2) is 10.8 Å². The van der Waals surface area contributed by atoms with E-state index in [9.17, 15) is 19.7 Å². The van der Waals surface area contributed by atoms with Gasteiger partial charge in [0.15, 0.2) is 0 Å². The number of halogens is 1. The van der Waals surface area contributed by atoms with E-state index in [1.54, 1.807) is 42.5 Å². The van der Waals surface area contributed by atoms with Gasteiger partial charge in [0.25, 0.3) is 11.6 Å². The van der Waals surface area contributed by atoms with Gasteiger partial charge >= 0.3 is 5.63 Å². The minimum absolute atomic E-state index is 0.0250. The second-order valence-electron chi connectivity index (χ2n) is 6.44. The molecule has 148 valence electrons. The van der Waals surface area contributed by atoms with Gasteiger partial charge in [-0.1, -0.05) is 41.9 Å². The van der Waals surface area contributed by atoms with Crippen LogP contribution in [0, 0.1) is 10.1 Å². The second-order valence-corrected chi connectivity index (χ2v) is 6.85. The van der Waals surface area contributed by atoms with Crippen molar-refractivity contribution in [1.82, 2.24) is 0 Å². The van der Waals surface area contributed by atoms with Crippen molar-refractivity contribution in [3.63, 3.8) is 0 Å². The quantitative estimate of drug-likeness (QED) is 0.275. The molecule has 0 aliphatic carbocycles. The Morgan fingerprint density at radius 2 is 1.80 bits per heavy atom. The van der Waals surface area contributed by atoms with Crippen molar-refractivity contribution in [3.8, 4) is 11.1 Å². The first kappa shape index (κ1) is 19.4. The fourth-order valence-electron chi connectivity index (χ4n) is 3.02. The molecule has 1 heterocycles. The molecule has 0 aliphatic heterocycles. The van der Waals surface area contributed by atoms with E-state index in [4.69, 9.17) is 16.0 Å². The lowest BCUT2D eigenvalue weighted by Gasteiger charge is -2.08. The number of hydrogen-bond donors (Lipinski definition) is 1. The highest BCUT2D eigenvalue weighted by atomic mass is 35.5. The summed E-state index contributed by atoms with van der Waals surface area (Å²) in [4.78, 5) is 35.4. The lowest BCUT2D eigenvalue weighted by atomic mass is 10.0. The highest BCUT2D eigenvalue weighted by Gasteiger charge is 2.15. The third-order valence-electron chi connectivity index (χ3n) is 4.48. The van der Waals surface area contributed by atoms with Gasteiger partial charge in [-0.15, -0.1) is 0 Å². The van der Waals surface area contributed by atoms with Gasteiger partial charge in [0.2, 0.25) is 0 Å². The van der Waals surface area contributed by atoms with E-state index < -0.39 is 16.5 Å². The van der Waals surface area contributed by atoms with Crippen molar-refractivity contribution >= 4 is 39.9 Å². The molecule has 1 aromatic heterocycles. The van der Waals surface area contributed by atoms with Crippen LogP contribution in [0.1, 0.15) is 10.4 Å². The molecule has 0 aliphatic rings. The molecule has 0 bridgehead atoms. The van der Waals surface area contributed by atoms with Crippen LogP contribution in [0.4, 0.5) is 11.4 Å². The SMILES string of the molecule is O=C(Nc1ccc(Cl)c([N+](=O)[O-])c1)c1cccc(-c2cc3ccccc3oc2=O)c1. The molecule has 0 fully saturated rings. The van der Waals surface area contributed by atoms with Crippen LogP contribution in [0.3, 0.4) is 0 Å². The number of amides is 1. The van der Waals surface area contributed by atoms with Crippen molar-refractivity contribution in [2.24, 2.45) is 0 Å². The number of hydrogen-bond acceptors (Lipinski definition) is 5. The van der Waals surface area contributed by atoms with Gasteiger partial charge in [0, 0.05) is 22.7 Å². The zero-order valence-electron chi connectivity index (χ0n) is 15.3. The summed E-state index contributed by atoms with van der Waals surface area (Å²) < 4.78 is 5.36. The van der Waals surface area contributed by atoms with Crippen LogP contribution in [0.15, 0.2) is 82.0 Å². The molecular weight excluding hydrogens is 408 g/mol. The van der Waals surface area contributed by atoms with E-state index >= 15 is 0 Å². The molecule has 0 radical (unpaired) electrons. The number of para-hydroxylation sites is 1. The zero-order valence-corrected chi connectivity index (χ0v) is 16.1. The molecule has 4 aromatic rings. The van der Waals surface area contributed by atoms with Gasteiger partial charge in [-0.05, 0) is 42.0 Å². The maximum atomic E-state index is 12.6. The first-order chi connectivity index (χ1) is 14.4. The number of nitrogens with one attached hydrogen (secondary N) is 1. The molecule has 3 aromatic carbocycles. The molecular formula is C22H13ClN2O5. The van der Waals surface area contributed by atoms with Gasteiger partial charge in [-0.3, -0.25) is 14.9 Å². The fraction of sp³-hybridized carbons (Fsp3) is 0. The van der Waals surface area contributed by atoms with Gasteiger partial charge in [0.1, 0.15) is 10.6 Å². The van der Waals surface area contributed by atoms with Gasteiger partial charge in [0.05, 0.1) is 10.5 Å². The molecule has 4 rings (SSSR count). The maximum Gasteiger partial charge on any atom is 0.344 e. The summed E-state index contributed by atoms with van der Waals surface area (Å²) in [5, 5.41) is 14.4. The highest BCUT2D eigenvalue weighted by Crippen LogP contribution is 2.28. The van der Waals surface area contributed by atoms with Crippen LogP contribution in [-0.2, 0) is 0 Å². The molecule has 0 unspecified atom stereocenters. The monoisotopic (exact) mass is 420 g/mol. The van der Waals surface area contributed by atoms with Gasteiger partial charge in [-0.2, -0.15) is 0 Å². The number of fused-ring (bicyclic) bond motifs is 1. The average molecular weight is 421 g/mol. The number of carbonyl (C=O) groups is 1. The normalized spacial score (nSPS) is 10.7. The van der Waals surface area contributed by atoms with Crippen molar-refractivity contribution in [2.75, 3.05) is 5.32 Å². The Morgan fingerprint density at radius 1 is 1.00 bits per heavy atom. The topological polar surface area (TPSA) is 102 Å². The largest absolute Gasteiger partial charge is 0.422 e. The Bertz CT molecular complexity index is 1360. The number of nitro groups is 1. The van der Waals surface area contributed by atoms with Crippen LogP contribution >= 0.6 is 11.6 Å². The van der Waals surface area contributed by atoms with Crippen LogP contribution in [0.2, 0.25) is 5.02 Å². The zero-order chi connectivity index (χ0) is 21.3. The molecule has 0 atom stereocenters. The summed E-state index contributed by atoms with van der Waals surface area (Å²) in [5.74, 6) is -0.487. The summed E-state index contributed by atoms with van der Waals surface area (Å²) in [7, 11) is 0. The molecule has 30 heavy (non-hydrogen) atoms. The standard InChI is InChI=1S/C22H13ClN2O5/c23-18-9-8-16(12-19(18)25(28)29)24-21(26)15-6-3-5-13(10-15)17-11-14-4-1-2-7-20(14)30-22(17)27/h1-12H,(H,24,26). The minimum atomic E-state index is -0.627. The van der Waals surface area contributed by atoms with Gasteiger partial charge in [-0.25, -0.2) is 4.79 Å². The summed E-state index contributed by atoms with van der Waals surface area (Å²) in [5.41, 5.74) is 1.00. The smallest absolute Gasteiger partial charge is 0.344 e.